The van der Waals surface area contributed by atoms with Crippen molar-refractivity contribution < 1.29 is 17.9 Å². The minimum absolute atomic E-state index is 0. The van der Waals surface area contributed by atoms with Crippen LogP contribution < -0.4 is 15.2 Å². The molecule has 0 radical (unpaired) electrons. The first-order valence-corrected chi connectivity index (χ1v) is 9.49. The second kappa shape index (κ2) is 10.2. The smallest absolute Gasteiger partial charge is 0.240 e. The van der Waals surface area contributed by atoms with Crippen molar-refractivity contribution in [1.82, 2.24) is 4.72 Å². The highest BCUT2D eigenvalue weighted by atomic mass is 35.5. The summed E-state index contributed by atoms with van der Waals surface area (Å²) in [7, 11) is -1.93. The minimum atomic E-state index is -3.53. The van der Waals surface area contributed by atoms with E-state index in [2.05, 4.69) is 4.72 Å². The Morgan fingerprint density at radius 1 is 1.17 bits per heavy atom. The molecular weight excluding hydrogens is 352 g/mol. The summed E-state index contributed by atoms with van der Waals surface area (Å²) in [5.41, 5.74) is 5.77. The molecule has 0 heterocycles. The molecule has 0 saturated heterocycles. The lowest BCUT2D eigenvalue weighted by atomic mass is 9.85. The second-order valence-corrected chi connectivity index (χ2v) is 7.53. The van der Waals surface area contributed by atoms with Gasteiger partial charge in [0, 0.05) is 13.2 Å². The zero-order chi connectivity index (χ0) is 16.7. The van der Waals surface area contributed by atoms with Crippen molar-refractivity contribution in [3.05, 3.63) is 24.3 Å². The van der Waals surface area contributed by atoms with Crippen LogP contribution in [0.5, 0.6) is 5.75 Å². The van der Waals surface area contributed by atoms with Crippen LogP contribution in [0.2, 0.25) is 0 Å². The van der Waals surface area contributed by atoms with Gasteiger partial charge in [0.25, 0.3) is 0 Å². The van der Waals surface area contributed by atoms with Crippen molar-refractivity contribution in [2.45, 2.75) is 36.6 Å². The molecule has 3 N–H and O–H groups in total. The van der Waals surface area contributed by atoms with Gasteiger partial charge in [0.1, 0.15) is 12.4 Å². The number of hydrogen-bond donors (Lipinski definition) is 2. The van der Waals surface area contributed by atoms with Crippen LogP contribution in [0.3, 0.4) is 0 Å². The fourth-order valence-corrected chi connectivity index (χ4v) is 4.21. The summed E-state index contributed by atoms with van der Waals surface area (Å²) in [4.78, 5) is 0.248. The maximum absolute atomic E-state index is 12.5. The van der Waals surface area contributed by atoms with Crippen LogP contribution in [0.1, 0.15) is 25.7 Å². The molecule has 2 atom stereocenters. The predicted octanol–water partition coefficient (Wildman–Crippen LogP) is 1.93. The van der Waals surface area contributed by atoms with E-state index in [1.807, 2.05) is 0 Å². The maximum atomic E-state index is 12.5. The van der Waals surface area contributed by atoms with E-state index in [0.29, 0.717) is 25.5 Å². The van der Waals surface area contributed by atoms with Gasteiger partial charge in [0.2, 0.25) is 10.0 Å². The van der Waals surface area contributed by atoms with E-state index in [0.717, 1.165) is 25.7 Å². The summed E-state index contributed by atoms with van der Waals surface area (Å²) in [6, 6.07) is 6.36. The molecule has 1 aliphatic rings. The average molecular weight is 379 g/mol. The number of rotatable bonds is 8. The van der Waals surface area contributed by atoms with E-state index in [4.69, 9.17) is 15.2 Å². The summed E-state index contributed by atoms with van der Waals surface area (Å²) in [5, 5.41) is 0. The molecule has 24 heavy (non-hydrogen) atoms. The highest BCUT2D eigenvalue weighted by Crippen LogP contribution is 2.25. The number of hydrogen-bond acceptors (Lipinski definition) is 5. The quantitative estimate of drug-likeness (QED) is 0.674. The van der Waals surface area contributed by atoms with Gasteiger partial charge in [-0.05, 0) is 49.6 Å². The van der Waals surface area contributed by atoms with Crippen molar-refractivity contribution >= 4 is 22.4 Å². The highest BCUT2D eigenvalue weighted by molar-refractivity contribution is 7.89. The molecule has 0 aromatic heterocycles. The van der Waals surface area contributed by atoms with Gasteiger partial charge in [-0.2, -0.15) is 0 Å². The number of nitrogens with one attached hydrogen (secondary N) is 1. The third-order valence-corrected chi connectivity index (χ3v) is 5.71. The van der Waals surface area contributed by atoms with Gasteiger partial charge < -0.3 is 15.2 Å². The van der Waals surface area contributed by atoms with Crippen LogP contribution in [0, 0.1) is 5.92 Å². The van der Waals surface area contributed by atoms with Crippen LogP contribution in [0.15, 0.2) is 29.2 Å². The Hall–Kier alpha value is -0.860. The second-order valence-electron chi connectivity index (χ2n) is 5.82. The summed E-state index contributed by atoms with van der Waals surface area (Å²) in [6.07, 6.45) is 3.98. The molecule has 1 aromatic rings. The van der Waals surface area contributed by atoms with Gasteiger partial charge >= 0.3 is 0 Å². The molecule has 0 aliphatic heterocycles. The van der Waals surface area contributed by atoms with Crippen LogP contribution in [-0.2, 0) is 14.8 Å². The van der Waals surface area contributed by atoms with Gasteiger partial charge in [-0.25, -0.2) is 13.1 Å². The van der Waals surface area contributed by atoms with Crippen molar-refractivity contribution in [2.75, 3.05) is 26.9 Å². The summed E-state index contributed by atoms with van der Waals surface area (Å²) in [5.74, 6) is 0.841. The van der Waals surface area contributed by atoms with Crippen molar-refractivity contribution in [2.24, 2.45) is 11.7 Å². The Morgan fingerprint density at radius 3 is 2.46 bits per heavy atom. The van der Waals surface area contributed by atoms with E-state index in [9.17, 15) is 8.42 Å². The third-order valence-electron chi connectivity index (χ3n) is 4.21. The normalized spacial score (nSPS) is 21.1. The van der Waals surface area contributed by atoms with E-state index >= 15 is 0 Å². The van der Waals surface area contributed by atoms with Crippen molar-refractivity contribution in [1.29, 1.82) is 0 Å². The minimum Gasteiger partial charge on any atom is -0.491 e. The first-order valence-electron chi connectivity index (χ1n) is 8.01. The number of benzene rings is 1. The van der Waals surface area contributed by atoms with Gasteiger partial charge in [0.05, 0.1) is 11.5 Å². The third kappa shape index (κ3) is 5.89. The van der Waals surface area contributed by atoms with E-state index in [1.54, 1.807) is 31.4 Å². The lowest BCUT2D eigenvalue weighted by molar-refractivity contribution is 0.146. The fourth-order valence-electron chi connectivity index (χ4n) is 2.87. The Labute approximate surface area is 150 Å². The molecule has 0 amide bonds. The maximum Gasteiger partial charge on any atom is 0.240 e. The predicted molar refractivity (Wildman–Crippen MR) is 96.2 cm³/mol. The number of methoxy groups -OCH3 is 1. The summed E-state index contributed by atoms with van der Waals surface area (Å²) >= 11 is 0. The summed E-state index contributed by atoms with van der Waals surface area (Å²) < 4.78 is 38.2. The van der Waals surface area contributed by atoms with Crippen LogP contribution in [0.4, 0.5) is 0 Å². The van der Waals surface area contributed by atoms with E-state index < -0.39 is 10.0 Å². The van der Waals surface area contributed by atoms with Gasteiger partial charge in [-0.15, -0.1) is 12.4 Å². The van der Waals surface area contributed by atoms with Crippen LogP contribution in [0.25, 0.3) is 0 Å². The summed E-state index contributed by atoms with van der Waals surface area (Å²) in [6.45, 7) is 1.43. The SMILES string of the molecule is COCCOc1ccc(S(=O)(=O)NC2CCCCC2CN)cc1.Cl. The van der Waals surface area contributed by atoms with Crippen molar-refractivity contribution in [3.63, 3.8) is 0 Å². The first-order chi connectivity index (χ1) is 11.1. The van der Waals surface area contributed by atoms with Crippen LogP contribution in [-0.4, -0.2) is 41.3 Å². The van der Waals surface area contributed by atoms with Gasteiger partial charge in [0.15, 0.2) is 0 Å². The molecule has 6 nitrogen and oxygen atoms in total. The Balaban J connectivity index is 0.00000288. The standard InChI is InChI=1S/C16H26N2O4S.ClH/c1-21-10-11-22-14-6-8-15(9-7-14)23(19,20)18-16-5-3-2-4-13(16)12-17;/h6-9,13,16,18H,2-5,10-12,17H2,1H3;1H. The number of sulfonamides is 1. The molecule has 2 rings (SSSR count). The average Bonchev–Trinajstić information content (AvgIpc) is 2.56. The monoisotopic (exact) mass is 378 g/mol. The molecule has 0 bridgehead atoms. The molecule has 1 fully saturated rings. The zero-order valence-corrected chi connectivity index (χ0v) is 15.6. The molecule has 8 heteroatoms. The molecule has 138 valence electrons. The number of ether oxygens (including phenoxy) is 2. The van der Waals surface area contributed by atoms with Gasteiger partial charge in [-0.1, -0.05) is 12.8 Å². The lowest BCUT2D eigenvalue weighted by Gasteiger charge is -2.31. The molecule has 1 aromatic carbocycles. The topological polar surface area (TPSA) is 90.6 Å². The Morgan fingerprint density at radius 2 is 1.83 bits per heavy atom. The Kier molecular flexibility index (Phi) is 9.01. The largest absolute Gasteiger partial charge is 0.491 e. The van der Waals surface area contributed by atoms with Crippen molar-refractivity contribution in [3.8, 4) is 5.75 Å². The molecule has 0 spiro atoms. The van der Waals surface area contributed by atoms with E-state index in [-0.39, 0.29) is 29.3 Å². The van der Waals surface area contributed by atoms with Crippen LogP contribution >= 0.6 is 12.4 Å². The molecular formula is C16H27ClN2O4S. The molecule has 2 unspecified atom stereocenters. The lowest BCUT2D eigenvalue weighted by Crippen LogP contribution is -2.44. The van der Waals surface area contributed by atoms with Gasteiger partial charge in [-0.3, -0.25) is 0 Å². The van der Waals surface area contributed by atoms with E-state index in [1.165, 1.54) is 0 Å². The molecule has 1 aliphatic carbocycles. The number of nitrogens with two attached hydrogens (primary N) is 1. The molecule has 1 saturated carbocycles. The Bertz CT molecular complexity index is 580. The fraction of sp³-hybridized carbons (Fsp3) is 0.625. The number of halogens is 1. The first kappa shape index (κ1) is 21.2. The zero-order valence-electron chi connectivity index (χ0n) is 13.9. The highest BCUT2D eigenvalue weighted by Gasteiger charge is 2.28.